The highest BCUT2D eigenvalue weighted by Gasteiger charge is 2.12. The van der Waals surface area contributed by atoms with E-state index < -0.39 is 17.3 Å². The Hall–Kier alpha value is -1.95. The number of thiocarbonyl (C=S) groups is 1. The molecule has 0 aliphatic carbocycles. The Labute approximate surface area is 125 Å². The van der Waals surface area contributed by atoms with Crippen LogP contribution in [0, 0.1) is 12.3 Å². The molecule has 0 saturated carbocycles. The van der Waals surface area contributed by atoms with Gasteiger partial charge in [0.1, 0.15) is 0 Å². The van der Waals surface area contributed by atoms with E-state index in [1.807, 2.05) is 0 Å². The second kappa shape index (κ2) is 7.59. The third kappa shape index (κ3) is 4.62. The van der Waals surface area contributed by atoms with Gasteiger partial charge in [-0.15, -0.1) is 6.42 Å². The number of amides is 1. The second-order valence-corrected chi connectivity index (χ2v) is 5.37. The molecule has 0 spiro atoms. The number of ether oxygens (including phenoxy) is 1. The van der Waals surface area contributed by atoms with Gasteiger partial charge in [-0.1, -0.05) is 5.92 Å². The molecule has 0 aromatic heterocycles. The lowest BCUT2D eigenvalue weighted by molar-refractivity contribution is 0.177. The van der Waals surface area contributed by atoms with E-state index >= 15 is 0 Å². The number of methoxy groups -OCH3 is 1. The molecule has 1 atom stereocenters. The first-order valence-electron chi connectivity index (χ1n) is 5.35. The second-order valence-electron chi connectivity index (χ2n) is 3.51. The highest BCUT2D eigenvalue weighted by atomic mass is 32.2. The maximum Gasteiger partial charge on any atom is 0.413 e. The van der Waals surface area contributed by atoms with Crippen molar-refractivity contribution >= 4 is 46.0 Å². The third-order valence-electron chi connectivity index (χ3n) is 2.15. The van der Waals surface area contributed by atoms with Gasteiger partial charge in [-0.05, 0) is 35.5 Å². The van der Waals surface area contributed by atoms with Crippen LogP contribution in [0.5, 0.6) is 0 Å². The Morgan fingerprint density at radius 1 is 1.65 bits per heavy atom. The number of rotatable bonds is 3. The van der Waals surface area contributed by atoms with Gasteiger partial charge < -0.3 is 20.3 Å². The van der Waals surface area contributed by atoms with Gasteiger partial charge in [0.25, 0.3) is 0 Å². The van der Waals surface area contributed by atoms with E-state index in [-0.39, 0.29) is 10.9 Å². The van der Waals surface area contributed by atoms with E-state index in [0.29, 0.717) is 16.3 Å². The van der Waals surface area contributed by atoms with Crippen LogP contribution in [0.3, 0.4) is 0 Å². The highest BCUT2D eigenvalue weighted by Crippen LogP contribution is 2.23. The van der Waals surface area contributed by atoms with Crippen molar-refractivity contribution in [1.29, 1.82) is 0 Å². The average molecular weight is 311 g/mol. The Morgan fingerprint density at radius 2 is 2.35 bits per heavy atom. The summed E-state index contributed by atoms with van der Waals surface area (Å²) in [5.74, 6) is 2.44. The molecule has 4 N–H and O–H groups in total. The Balaban J connectivity index is 2.76. The number of nitrogens with one attached hydrogen (secondary N) is 2. The molecule has 1 aromatic rings. The molecule has 1 amide bonds. The standard InChI is InChI=1S/C12H13N3O3S2/c1-3-6-20(17)8-4-5-10(9(13)7-8)14-11(19)15-12(16)18-2/h1,4-5,7H,6,13H2,2H3,(H2,14,15,16,19). The molecule has 0 heterocycles. The summed E-state index contributed by atoms with van der Waals surface area (Å²) >= 11 is 3.61. The van der Waals surface area contributed by atoms with Crippen molar-refractivity contribution in [2.45, 2.75) is 4.90 Å². The third-order valence-corrected chi connectivity index (χ3v) is 3.56. The van der Waals surface area contributed by atoms with E-state index in [2.05, 4.69) is 21.3 Å². The largest absolute Gasteiger partial charge is 0.611 e. The van der Waals surface area contributed by atoms with E-state index in [4.69, 9.17) is 24.4 Å². The smallest absolute Gasteiger partial charge is 0.413 e. The zero-order valence-electron chi connectivity index (χ0n) is 10.6. The summed E-state index contributed by atoms with van der Waals surface area (Å²) in [6, 6.07) is 4.76. The minimum Gasteiger partial charge on any atom is -0.611 e. The van der Waals surface area contributed by atoms with Crippen molar-refractivity contribution < 1.29 is 14.1 Å². The maximum atomic E-state index is 11.7. The van der Waals surface area contributed by atoms with Crippen molar-refractivity contribution in [1.82, 2.24) is 5.32 Å². The Kier molecular flexibility index (Phi) is 6.11. The van der Waals surface area contributed by atoms with Crippen LogP contribution in [0.15, 0.2) is 23.1 Å². The van der Waals surface area contributed by atoms with Crippen LogP contribution in [0.4, 0.5) is 16.2 Å². The number of anilines is 2. The van der Waals surface area contributed by atoms with Crippen LogP contribution in [0.2, 0.25) is 0 Å². The predicted molar refractivity (Wildman–Crippen MR) is 82.7 cm³/mol. The first-order chi connectivity index (χ1) is 9.47. The fourth-order valence-corrected chi connectivity index (χ4v) is 2.24. The number of hydrogen-bond acceptors (Lipinski definition) is 5. The summed E-state index contributed by atoms with van der Waals surface area (Å²) in [5.41, 5.74) is 6.63. The summed E-state index contributed by atoms with van der Waals surface area (Å²) in [4.78, 5) is 11.5. The zero-order chi connectivity index (χ0) is 15.1. The fraction of sp³-hybridized carbons (Fsp3) is 0.167. The molecule has 0 saturated heterocycles. The van der Waals surface area contributed by atoms with Gasteiger partial charge in [-0.2, -0.15) is 0 Å². The number of nitrogens with two attached hydrogens (primary N) is 1. The van der Waals surface area contributed by atoms with Crippen molar-refractivity contribution in [2.24, 2.45) is 0 Å². The summed E-state index contributed by atoms with van der Waals surface area (Å²) in [7, 11) is 1.22. The molecule has 0 bridgehead atoms. The number of terminal acetylenes is 1. The molecule has 1 rings (SSSR count). The number of carbonyl (C=O) groups is 1. The molecule has 1 aromatic carbocycles. The molecule has 0 fully saturated rings. The molecule has 0 radical (unpaired) electrons. The summed E-state index contributed by atoms with van der Waals surface area (Å²) in [6.45, 7) is 0. The van der Waals surface area contributed by atoms with Crippen molar-refractivity contribution in [3.8, 4) is 12.3 Å². The van der Waals surface area contributed by atoms with E-state index in [9.17, 15) is 9.35 Å². The van der Waals surface area contributed by atoms with E-state index in [1.54, 1.807) is 12.1 Å². The van der Waals surface area contributed by atoms with Crippen LogP contribution in [0.25, 0.3) is 0 Å². The minimum absolute atomic E-state index is 0.0426. The molecule has 0 aliphatic rings. The molecular formula is C12H13N3O3S2. The molecule has 0 aliphatic heterocycles. The highest BCUT2D eigenvalue weighted by molar-refractivity contribution is 7.91. The first kappa shape index (κ1) is 16.1. The van der Waals surface area contributed by atoms with Crippen molar-refractivity contribution in [3.05, 3.63) is 18.2 Å². The number of nitrogen functional groups attached to an aromatic ring is 1. The van der Waals surface area contributed by atoms with E-state index in [0.717, 1.165) is 0 Å². The average Bonchev–Trinajstić information content (AvgIpc) is 2.41. The number of carbonyl (C=O) groups excluding carboxylic acids is 1. The summed E-state index contributed by atoms with van der Waals surface area (Å²) in [6.07, 6.45) is 4.42. The lowest BCUT2D eigenvalue weighted by Gasteiger charge is -2.13. The molecular weight excluding hydrogens is 298 g/mol. The molecule has 20 heavy (non-hydrogen) atoms. The number of benzene rings is 1. The van der Waals surface area contributed by atoms with Gasteiger partial charge in [0, 0.05) is 6.07 Å². The van der Waals surface area contributed by atoms with Gasteiger partial charge in [-0.25, -0.2) is 4.79 Å². The molecule has 106 valence electrons. The fourth-order valence-electron chi connectivity index (χ4n) is 1.25. The molecule has 8 heteroatoms. The van der Waals surface area contributed by atoms with Gasteiger partial charge in [0.05, 0.1) is 18.5 Å². The predicted octanol–water partition coefficient (Wildman–Crippen LogP) is 1.06. The topological polar surface area (TPSA) is 99.4 Å². The Bertz CT molecular complexity index is 557. The van der Waals surface area contributed by atoms with Gasteiger partial charge in [0.15, 0.2) is 15.8 Å². The SMILES string of the molecule is C#CC[S+]([O-])c1ccc(NC(=S)NC(=O)OC)c(N)c1. The minimum atomic E-state index is -1.29. The Morgan fingerprint density at radius 3 is 2.90 bits per heavy atom. The first-order valence-corrected chi connectivity index (χ1v) is 7.08. The summed E-state index contributed by atoms with van der Waals surface area (Å²) in [5, 5.41) is 5.05. The number of hydrogen-bond donors (Lipinski definition) is 3. The van der Waals surface area contributed by atoms with Gasteiger partial charge in [0.2, 0.25) is 0 Å². The zero-order valence-corrected chi connectivity index (χ0v) is 12.3. The maximum absolute atomic E-state index is 11.7. The number of alkyl carbamates (subject to hydrolysis) is 1. The normalized spacial score (nSPS) is 11.1. The van der Waals surface area contributed by atoms with Gasteiger partial charge in [-0.3, -0.25) is 5.32 Å². The lowest BCUT2D eigenvalue weighted by Crippen LogP contribution is -2.34. The van der Waals surface area contributed by atoms with Crippen LogP contribution in [-0.4, -0.2) is 28.6 Å². The van der Waals surface area contributed by atoms with Crippen LogP contribution < -0.4 is 16.4 Å². The van der Waals surface area contributed by atoms with Crippen LogP contribution in [-0.2, 0) is 15.9 Å². The monoisotopic (exact) mass is 311 g/mol. The molecule has 1 unspecified atom stereocenters. The van der Waals surface area contributed by atoms with Crippen molar-refractivity contribution in [3.63, 3.8) is 0 Å². The van der Waals surface area contributed by atoms with Crippen LogP contribution >= 0.6 is 12.2 Å². The lowest BCUT2D eigenvalue weighted by atomic mass is 10.3. The molecule has 6 nitrogen and oxygen atoms in total. The van der Waals surface area contributed by atoms with Crippen molar-refractivity contribution in [2.75, 3.05) is 23.9 Å². The van der Waals surface area contributed by atoms with Crippen LogP contribution in [0.1, 0.15) is 0 Å². The summed E-state index contributed by atoms with van der Waals surface area (Å²) < 4.78 is 16.1. The van der Waals surface area contributed by atoms with E-state index in [1.165, 1.54) is 13.2 Å². The quantitative estimate of drug-likeness (QED) is 0.334. The van der Waals surface area contributed by atoms with Gasteiger partial charge >= 0.3 is 6.09 Å².